The molecule has 1 aromatic carbocycles. The first kappa shape index (κ1) is 18.5. The Bertz CT molecular complexity index is 1100. The molecule has 0 fully saturated rings. The van der Waals surface area contributed by atoms with E-state index in [4.69, 9.17) is 10.00 Å². The maximum absolute atomic E-state index is 13.9. The van der Waals surface area contributed by atoms with Crippen LogP contribution in [0.15, 0.2) is 35.3 Å². The topological polar surface area (TPSA) is 82.0 Å². The fraction of sp³-hybridized carbons (Fsp3) is 0.211. The number of hydrogen-bond acceptors (Lipinski definition) is 5. The molecule has 0 radical (unpaired) electrons. The third-order valence-corrected chi connectivity index (χ3v) is 3.91. The Balaban J connectivity index is 2.14. The van der Waals surface area contributed by atoms with Crippen LogP contribution in [-0.4, -0.2) is 42.1 Å². The Labute approximate surface area is 153 Å². The zero-order chi connectivity index (χ0) is 19.6. The van der Waals surface area contributed by atoms with Gasteiger partial charge >= 0.3 is 0 Å². The van der Waals surface area contributed by atoms with Gasteiger partial charge in [0.05, 0.1) is 22.8 Å². The molecule has 0 saturated carbocycles. The van der Waals surface area contributed by atoms with Gasteiger partial charge in [0.2, 0.25) is 0 Å². The van der Waals surface area contributed by atoms with Gasteiger partial charge in [0.25, 0.3) is 0 Å². The summed E-state index contributed by atoms with van der Waals surface area (Å²) in [7, 11) is 3.79. The molecule has 0 spiro atoms. The van der Waals surface area contributed by atoms with Gasteiger partial charge in [-0.15, -0.1) is 0 Å². The first-order chi connectivity index (χ1) is 12.9. The minimum atomic E-state index is -0.937. The zero-order valence-corrected chi connectivity index (χ0v) is 14.7. The SMILES string of the molecule is CN(C)CCOc1cnc(C#N)cc1-c1cc(=O)c2c(F)cc(F)cc2[nH]1. The molecule has 0 aliphatic rings. The smallest absolute Gasteiger partial charge is 0.192 e. The molecule has 0 aliphatic carbocycles. The van der Waals surface area contributed by atoms with Gasteiger partial charge in [-0.05, 0) is 26.2 Å². The van der Waals surface area contributed by atoms with Crippen molar-refractivity contribution >= 4 is 10.9 Å². The summed E-state index contributed by atoms with van der Waals surface area (Å²) in [6, 6.07) is 6.27. The predicted octanol–water partition coefficient (Wildman–Crippen LogP) is 2.68. The summed E-state index contributed by atoms with van der Waals surface area (Å²) in [5.41, 5.74) is 0.215. The number of ether oxygens (including phenoxy) is 1. The van der Waals surface area contributed by atoms with Crippen molar-refractivity contribution in [2.24, 2.45) is 0 Å². The molecular weight excluding hydrogens is 354 g/mol. The van der Waals surface area contributed by atoms with E-state index < -0.39 is 17.1 Å². The number of rotatable bonds is 5. The average molecular weight is 370 g/mol. The fourth-order valence-corrected chi connectivity index (χ4v) is 2.62. The maximum Gasteiger partial charge on any atom is 0.192 e. The number of aromatic nitrogens is 2. The Hall–Kier alpha value is -3.31. The third kappa shape index (κ3) is 3.93. The maximum atomic E-state index is 13.9. The van der Waals surface area contributed by atoms with E-state index in [0.29, 0.717) is 30.5 Å². The Kier molecular flexibility index (Phi) is 5.14. The van der Waals surface area contributed by atoms with Gasteiger partial charge in [-0.25, -0.2) is 13.8 Å². The average Bonchev–Trinajstić information content (AvgIpc) is 2.60. The number of aromatic amines is 1. The summed E-state index contributed by atoms with van der Waals surface area (Å²) in [5.74, 6) is -1.39. The van der Waals surface area contributed by atoms with E-state index in [0.717, 1.165) is 6.07 Å². The molecule has 27 heavy (non-hydrogen) atoms. The summed E-state index contributed by atoms with van der Waals surface area (Å²) >= 11 is 0. The van der Waals surface area contributed by atoms with Gasteiger partial charge in [-0.2, -0.15) is 5.26 Å². The van der Waals surface area contributed by atoms with E-state index >= 15 is 0 Å². The lowest BCUT2D eigenvalue weighted by molar-refractivity contribution is 0.261. The molecule has 0 atom stereocenters. The summed E-state index contributed by atoms with van der Waals surface area (Å²) in [6.45, 7) is 0.999. The van der Waals surface area contributed by atoms with Gasteiger partial charge in [0, 0.05) is 24.2 Å². The summed E-state index contributed by atoms with van der Waals surface area (Å²) < 4.78 is 33.2. The van der Waals surface area contributed by atoms with Crippen LogP contribution in [0.3, 0.4) is 0 Å². The second-order valence-electron chi connectivity index (χ2n) is 6.19. The molecule has 138 valence electrons. The van der Waals surface area contributed by atoms with Crippen molar-refractivity contribution in [3.63, 3.8) is 0 Å². The molecular formula is C19H16F2N4O2. The third-order valence-electron chi connectivity index (χ3n) is 3.91. The molecule has 2 heterocycles. The number of H-pyrrole nitrogens is 1. The lowest BCUT2D eigenvalue weighted by Crippen LogP contribution is -2.19. The van der Waals surface area contributed by atoms with Gasteiger partial charge in [-0.1, -0.05) is 0 Å². The number of fused-ring (bicyclic) bond motifs is 1. The monoisotopic (exact) mass is 370 g/mol. The number of pyridine rings is 2. The van der Waals surface area contributed by atoms with Crippen molar-refractivity contribution in [1.29, 1.82) is 5.26 Å². The molecule has 0 amide bonds. The molecule has 0 unspecified atom stereocenters. The van der Waals surface area contributed by atoms with Crippen LogP contribution in [0.5, 0.6) is 5.75 Å². The fourth-order valence-electron chi connectivity index (χ4n) is 2.62. The van der Waals surface area contributed by atoms with Crippen LogP contribution in [0.2, 0.25) is 0 Å². The highest BCUT2D eigenvalue weighted by Gasteiger charge is 2.15. The van der Waals surface area contributed by atoms with E-state index in [1.54, 1.807) is 0 Å². The highest BCUT2D eigenvalue weighted by atomic mass is 19.1. The van der Waals surface area contributed by atoms with Gasteiger partial charge in [0.15, 0.2) is 5.43 Å². The molecule has 2 aromatic heterocycles. The second-order valence-corrected chi connectivity index (χ2v) is 6.19. The highest BCUT2D eigenvalue weighted by molar-refractivity contribution is 5.83. The normalized spacial score (nSPS) is 11.0. The zero-order valence-electron chi connectivity index (χ0n) is 14.7. The van der Waals surface area contributed by atoms with Crippen molar-refractivity contribution < 1.29 is 13.5 Å². The molecule has 3 rings (SSSR count). The van der Waals surface area contributed by atoms with Crippen LogP contribution in [0.25, 0.3) is 22.2 Å². The first-order valence-electron chi connectivity index (χ1n) is 8.09. The van der Waals surface area contributed by atoms with Crippen LogP contribution >= 0.6 is 0 Å². The van der Waals surface area contributed by atoms with E-state index in [1.807, 2.05) is 25.1 Å². The molecule has 8 heteroatoms. The molecule has 3 aromatic rings. The Morgan fingerprint density at radius 1 is 1.26 bits per heavy atom. The summed E-state index contributed by atoms with van der Waals surface area (Å²) in [5, 5.41) is 8.89. The number of benzene rings is 1. The van der Waals surface area contributed by atoms with E-state index in [-0.39, 0.29) is 22.3 Å². The van der Waals surface area contributed by atoms with Gasteiger partial charge in [-0.3, -0.25) is 4.79 Å². The Morgan fingerprint density at radius 3 is 2.74 bits per heavy atom. The highest BCUT2D eigenvalue weighted by Crippen LogP contribution is 2.29. The second kappa shape index (κ2) is 7.51. The number of nitriles is 1. The van der Waals surface area contributed by atoms with Crippen LogP contribution in [-0.2, 0) is 0 Å². The number of likely N-dealkylation sites (N-methyl/N-ethyl adjacent to an activating group) is 1. The van der Waals surface area contributed by atoms with Crippen molar-refractivity contribution in [3.8, 4) is 23.1 Å². The first-order valence-corrected chi connectivity index (χ1v) is 8.09. The number of nitrogens with one attached hydrogen (secondary N) is 1. The largest absolute Gasteiger partial charge is 0.490 e. The van der Waals surface area contributed by atoms with Crippen LogP contribution in [0, 0.1) is 23.0 Å². The van der Waals surface area contributed by atoms with Crippen molar-refractivity contribution in [2.75, 3.05) is 27.2 Å². The van der Waals surface area contributed by atoms with Crippen LogP contribution < -0.4 is 10.2 Å². The molecule has 6 nitrogen and oxygen atoms in total. The summed E-state index contributed by atoms with van der Waals surface area (Å²) in [4.78, 5) is 21.1. The Morgan fingerprint density at radius 2 is 2.04 bits per heavy atom. The van der Waals surface area contributed by atoms with E-state index in [2.05, 4.69) is 9.97 Å². The number of hydrogen-bond donors (Lipinski definition) is 1. The van der Waals surface area contributed by atoms with Crippen molar-refractivity contribution in [3.05, 3.63) is 58.0 Å². The van der Waals surface area contributed by atoms with Crippen LogP contribution in [0.4, 0.5) is 8.78 Å². The lowest BCUT2D eigenvalue weighted by atomic mass is 10.1. The summed E-state index contributed by atoms with van der Waals surface area (Å²) in [6.07, 6.45) is 1.39. The van der Waals surface area contributed by atoms with Crippen molar-refractivity contribution in [1.82, 2.24) is 14.9 Å². The van der Waals surface area contributed by atoms with E-state index in [9.17, 15) is 13.6 Å². The minimum Gasteiger partial charge on any atom is -0.490 e. The van der Waals surface area contributed by atoms with Crippen LogP contribution in [0.1, 0.15) is 5.69 Å². The van der Waals surface area contributed by atoms with E-state index in [1.165, 1.54) is 18.3 Å². The molecule has 0 saturated heterocycles. The molecule has 1 N–H and O–H groups in total. The van der Waals surface area contributed by atoms with Gasteiger partial charge < -0.3 is 14.6 Å². The quantitative estimate of drug-likeness (QED) is 0.747. The molecule has 0 bridgehead atoms. The predicted molar refractivity (Wildman–Crippen MR) is 96.5 cm³/mol. The standard InChI is InChI=1S/C19H16F2N4O2/c1-25(2)3-4-27-18-10-23-12(9-22)7-13(18)15-8-17(26)19-14(21)5-11(20)6-16(19)24-15/h5-8,10H,3-4H2,1-2H3,(H,24,26). The number of halogens is 2. The lowest BCUT2D eigenvalue weighted by Gasteiger charge is -2.14. The minimum absolute atomic E-state index is 0.0181. The van der Waals surface area contributed by atoms with Crippen molar-refractivity contribution in [2.45, 2.75) is 0 Å². The van der Waals surface area contributed by atoms with Gasteiger partial charge in [0.1, 0.15) is 35.8 Å². The number of nitrogens with zero attached hydrogens (tertiary/aromatic N) is 3. The molecule has 0 aliphatic heterocycles.